The molecule has 1 saturated heterocycles. The lowest BCUT2D eigenvalue weighted by atomic mass is 10.0. The van der Waals surface area contributed by atoms with Crippen molar-refractivity contribution >= 4 is 29.1 Å². The molecule has 1 aromatic heterocycles. The molecule has 1 atom stereocenters. The van der Waals surface area contributed by atoms with Gasteiger partial charge in [-0.1, -0.05) is 47.8 Å². The topological polar surface area (TPSA) is 54.5 Å². The van der Waals surface area contributed by atoms with Crippen LogP contribution in [0, 0.1) is 0 Å². The third kappa shape index (κ3) is 4.92. The zero-order chi connectivity index (χ0) is 19.2. The van der Waals surface area contributed by atoms with E-state index in [2.05, 4.69) is 21.3 Å². The number of rotatable bonds is 6. The summed E-state index contributed by atoms with van der Waals surface area (Å²) in [5.74, 6) is 0.487. The number of benzene rings is 1. The zero-order valence-corrected chi connectivity index (χ0v) is 16.8. The van der Waals surface area contributed by atoms with Crippen LogP contribution in [0.2, 0.25) is 10.2 Å². The molecule has 3 rings (SSSR count). The van der Waals surface area contributed by atoms with Gasteiger partial charge in [0.15, 0.2) is 0 Å². The van der Waals surface area contributed by atoms with Gasteiger partial charge in [0, 0.05) is 12.1 Å². The summed E-state index contributed by atoms with van der Waals surface area (Å²) in [6.45, 7) is 2.42. The van der Waals surface area contributed by atoms with Gasteiger partial charge in [0.2, 0.25) is 0 Å². The fourth-order valence-electron chi connectivity index (χ4n) is 3.46. The quantitative estimate of drug-likeness (QED) is 0.722. The number of hydrogen-bond donors (Lipinski definition) is 1. The highest BCUT2D eigenvalue weighted by Crippen LogP contribution is 2.31. The third-order valence-corrected chi connectivity index (χ3v) is 5.33. The maximum absolute atomic E-state index is 12.6. The van der Waals surface area contributed by atoms with E-state index in [1.165, 1.54) is 6.42 Å². The number of ether oxygens (including phenoxy) is 1. The van der Waals surface area contributed by atoms with Crippen molar-refractivity contribution in [2.24, 2.45) is 0 Å². The van der Waals surface area contributed by atoms with Gasteiger partial charge in [-0.15, -0.1) is 0 Å². The Labute approximate surface area is 169 Å². The fourth-order valence-corrected chi connectivity index (χ4v) is 3.80. The van der Waals surface area contributed by atoms with E-state index in [-0.39, 0.29) is 27.8 Å². The van der Waals surface area contributed by atoms with Crippen molar-refractivity contribution in [2.75, 3.05) is 26.7 Å². The number of hydrogen-bond acceptors (Lipinski definition) is 4. The van der Waals surface area contributed by atoms with Gasteiger partial charge in [0.1, 0.15) is 16.6 Å². The molecule has 1 unspecified atom stereocenters. The van der Waals surface area contributed by atoms with E-state index < -0.39 is 0 Å². The number of halogens is 2. The molecule has 144 valence electrons. The Kier molecular flexibility index (Phi) is 6.94. The number of piperidine rings is 1. The molecule has 0 radical (unpaired) electrons. The maximum Gasteiger partial charge on any atom is 0.271 e. The fraction of sp³-hybridized carbons (Fsp3) is 0.400. The van der Waals surface area contributed by atoms with Crippen LogP contribution >= 0.6 is 23.2 Å². The Hall–Kier alpha value is -1.82. The minimum Gasteiger partial charge on any atom is -0.496 e. The van der Waals surface area contributed by atoms with Gasteiger partial charge in [-0.3, -0.25) is 9.69 Å². The van der Waals surface area contributed by atoms with Gasteiger partial charge in [0.25, 0.3) is 5.91 Å². The molecule has 1 fully saturated rings. The number of carbonyl (C=O) groups is 1. The first-order valence-corrected chi connectivity index (χ1v) is 9.83. The Morgan fingerprint density at radius 3 is 2.67 bits per heavy atom. The van der Waals surface area contributed by atoms with E-state index in [0.717, 1.165) is 37.2 Å². The number of likely N-dealkylation sites (tertiary alicyclic amines) is 1. The average molecular weight is 408 g/mol. The first-order chi connectivity index (χ1) is 13.1. The summed E-state index contributed by atoms with van der Waals surface area (Å²) in [6, 6.07) is 11.1. The number of para-hydroxylation sites is 1. The van der Waals surface area contributed by atoms with Gasteiger partial charge >= 0.3 is 0 Å². The summed E-state index contributed by atoms with van der Waals surface area (Å²) >= 11 is 12.0. The Morgan fingerprint density at radius 2 is 1.93 bits per heavy atom. The minimum atomic E-state index is -0.334. The van der Waals surface area contributed by atoms with Crippen molar-refractivity contribution in [2.45, 2.75) is 25.3 Å². The standard InChI is InChI=1S/C20H23Cl2N3O2/c1-27-17-8-4-3-7-14(17)16(25-11-5-2-6-12-25)13-23-20(26)19-15(21)9-10-18(22)24-19/h3-4,7-10,16H,2,5-6,11-13H2,1H3,(H,23,26). The highest BCUT2D eigenvalue weighted by Gasteiger charge is 2.26. The van der Waals surface area contributed by atoms with Crippen molar-refractivity contribution in [3.63, 3.8) is 0 Å². The minimum absolute atomic E-state index is 0.0170. The average Bonchev–Trinajstić information content (AvgIpc) is 2.71. The van der Waals surface area contributed by atoms with Gasteiger partial charge in [-0.05, 0) is 44.1 Å². The molecule has 1 N–H and O–H groups in total. The lowest BCUT2D eigenvalue weighted by Crippen LogP contribution is -2.41. The molecule has 7 heteroatoms. The SMILES string of the molecule is COc1ccccc1C(CNC(=O)c1nc(Cl)ccc1Cl)N1CCCCC1. The normalized spacial score (nSPS) is 16.0. The highest BCUT2D eigenvalue weighted by molar-refractivity contribution is 6.34. The Bertz CT molecular complexity index is 795. The molecule has 1 aliphatic rings. The first kappa shape index (κ1) is 19.9. The zero-order valence-electron chi connectivity index (χ0n) is 15.3. The van der Waals surface area contributed by atoms with Crippen LogP contribution in [0.4, 0.5) is 0 Å². The Balaban J connectivity index is 1.81. The molecule has 0 saturated carbocycles. The molecule has 1 amide bonds. The smallest absolute Gasteiger partial charge is 0.271 e. The predicted octanol–water partition coefficient (Wildman–Crippen LogP) is 4.35. The second-order valence-corrected chi connectivity index (χ2v) is 7.32. The van der Waals surface area contributed by atoms with Crippen LogP contribution in [0.3, 0.4) is 0 Å². The lowest BCUT2D eigenvalue weighted by Gasteiger charge is -2.35. The second-order valence-electron chi connectivity index (χ2n) is 6.53. The molecule has 0 aliphatic carbocycles. The van der Waals surface area contributed by atoms with Gasteiger partial charge in [-0.25, -0.2) is 4.98 Å². The largest absolute Gasteiger partial charge is 0.496 e. The molecule has 2 heterocycles. The highest BCUT2D eigenvalue weighted by atomic mass is 35.5. The van der Waals surface area contributed by atoms with Crippen molar-refractivity contribution in [1.29, 1.82) is 0 Å². The molecule has 1 aromatic carbocycles. The summed E-state index contributed by atoms with van der Waals surface area (Å²) in [5, 5.41) is 3.49. The van der Waals surface area contributed by atoms with Gasteiger partial charge < -0.3 is 10.1 Å². The van der Waals surface area contributed by atoms with E-state index in [9.17, 15) is 4.79 Å². The molecule has 2 aromatic rings. The first-order valence-electron chi connectivity index (χ1n) is 9.07. The Morgan fingerprint density at radius 1 is 1.19 bits per heavy atom. The van der Waals surface area contributed by atoms with Crippen molar-refractivity contribution in [3.05, 3.63) is 57.8 Å². The van der Waals surface area contributed by atoms with Crippen LogP contribution in [-0.4, -0.2) is 42.5 Å². The van der Waals surface area contributed by atoms with Crippen molar-refractivity contribution in [3.8, 4) is 5.75 Å². The van der Waals surface area contributed by atoms with E-state index in [0.29, 0.717) is 6.54 Å². The maximum atomic E-state index is 12.6. The van der Waals surface area contributed by atoms with Crippen LogP contribution in [0.25, 0.3) is 0 Å². The third-order valence-electron chi connectivity index (χ3n) is 4.81. The van der Waals surface area contributed by atoms with Crippen LogP contribution in [0.5, 0.6) is 5.75 Å². The number of nitrogens with zero attached hydrogens (tertiary/aromatic N) is 2. The van der Waals surface area contributed by atoms with Crippen molar-refractivity contribution < 1.29 is 9.53 Å². The molecule has 0 spiro atoms. The van der Waals surface area contributed by atoms with Gasteiger partial charge in [-0.2, -0.15) is 0 Å². The van der Waals surface area contributed by atoms with E-state index in [4.69, 9.17) is 27.9 Å². The molecular formula is C20H23Cl2N3O2. The monoisotopic (exact) mass is 407 g/mol. The van der Waals surface area contributed by atoms with Crippen molar-refractivity contribution in [1.82, 2.24) is 15.2 Å². The summed E-state index contributed by atoms with van der Waals surface area (Å²) < 4.78 is 5.55. The molecular weight excluding hydrogens is 385 g/mol. The molecule has 5 nitrogen and oxygen atoms in total. The number of nitrogens with one attached hydrogen (secondary N) is 1. The molecule has 0 bridgehead atoms. The molecule has 1 aliphatic heterocycles. The van der Waals surface area contributed by atoms with Crippen LogP contribution in [0.15, 0.2) is 36.4 Å². The number of methoxy groups -OCH3 is 1. The van der Waals surface area contributed by atoms with E-state index >= 15 is 0 Å². The van der Waals surface area contributed by atoms with Crippen LogP contribution in [0.1, 0.15) is 41.4 Å². The lowest BCUT2D eigenvalue weighted by molar-refractivity contribution is 0.0918. The van der Waals surface area contributed by atoms with E-state index in [1.54, 1.807) is 19.2 Å². The van der Waals surface area contributed by atoms with Gasteiger partial charge in [0.05, 0.1) is 18.2 Å². The van der Waals surface area contributed by atoms with E-state index in [1.807, 2.05) is 18.2 Å². The summed E-state index contributed by atoms with van der Waals surface area (Å²) in [6.07, 6.45) is 3.55. The summed E-state index contributed by atoms with van der Waals surface area (Å²) in [4.78, 5) is 19.1. The summed E-state index contributed by atoms with van der Waals surface area (Å²) in [5.41, 5.74) is 1.20. The van der Waals surface area contributed by atoms with Crippen LogP contribution in [-0.2, 0) is 0 Å². The predicted molar refractivity (Wildman–Crippen MR) is 108 cm³/mol. The number of carbonyl (C=O) groups excluding carboxylic acids is 1. The van der Waals surface area contributed by atoms with Crippen LogP contribution < -0.4 is 10.1 Å². The summed E-state index contributed by atoms with van der Waals surface area (Å²) in [7, 11) is 1.67. The number of amides is 1. The second kappa shape index (κ2) is 9.40. The number of pyridine rings is 1. The molecule has 27 heavy (non-hydrogen) atoms. The number of aromatic nitrogens is 1.